The van der Waals surface area contributed by atoms with E-state index >= 15 is 0 Å². The lowest BCUT2D eigenvalue weighted by Gasteiger charge is -2.66. The van der Waals surface area contributed by atoms with Crippen LogP contribution in [-0.4, -0.2) is 46.1 Å². The van der Waals surface area contributed by atoms with Crippen LogP contribution in [0.15, 0.2) is 0 Å². The minimum atomic E-state index is 0.412. The van der Waals surface area contributed by atoms with Gasteiger partial charge in [-0.05, 0) is 261 Å². The first-order valence-electron chi connectivity index (χ1n) is 35.2. The van der Waals surface area contributed by atoms with E-state index in [2.05, 4.69) is 79.0 Å². The molecule has 0 amide bonds. The molecule has 8 unspecified atom stereocenters. The molecule has 0 heterocycles. The zero-order chi connectivity index (χ0) is 52.0. The Morgan fingerprint density at radius 1 is 0.311 bits per heavy atom. The van der Waals surface area contributed by atoms with Crippen LogP contribution in [0.2, 0.25) is 0 Å². The van der Waals surface area contributed by atoms with Gasteiger partial charge >= 0.3 is 0 Å². The second-order valence-electron chi connectivity index (χ2n) is 32.5. The first kappa shape index (κ1) is 58.6. The van der Waals surface area contributed by atoms with E-state index in [0.717, 1.165) is 119 Å². The first-order chi connectivity index (χ1) is 35.7. The monoisotopic (exact) mass is 1020 g/mol. The van der Waals surface area contributed by atoms with Gasteiger partial charge in [-0.15, -0.1) is 0 Å². The van der Waals surface area contributed by atoms with Crippen molar-refractivity contribution in [2.75, 3.05) is 0 Å². The number of unbranched alkanes of at least 4 members (excludes halogenated alkanes) is 6. The molecule has 0 bridgehead atoms. The number of hydrogen-bond donors (Lipinski definition) is 0. The quantitative estimate of drug-likeness (QED) is 0.126. The SMILES string of the molecule is CCCCCCC1CCC(C2CCC(N(C3CCC(C)CC3)C3C4CCC(C(C)(C)C)CC4C(N(C4CCC(C)CC4)C4CCC(C5CCC(CCCCCC)CC5)CC4)C4CCC(C(C)(C)C)CC43)CC2)CC1. The molecule has 9 rings (SSSR count). The molecule has 9 aliphatic carbocycles. The molecule has 0 N–H and O–H groups in total. The van der Waals surface area contributed by atoms with Gasteiger partial charge in [0.15, 0.2) is 0 Å². The van der Waals surface area contributed by atoms with E-state index in [0.29, 0.717) is 10.8 Å². The van der Waals surface area contributed by atoms with Crippen molar-refractivity contribution in [3.8, 4) is 0 Å². The Morgan fingerprint density at radius 3 is 0.905 bits per heavy atom. The van der Waals surface area contributed by atoms with E-state index in [1.807, 2.05) is 0 Å². The van der Waals surface area contributed by atoms with Crippen LogP contribution in [0.3, 0.4) is 0 Å². The van der Waals surface area contributed by atoms with Gasteiger partial charge in [-0.25, -0.2) is 0 Å². The van der Waals surface area contributed by atoms with Crippen molar-refractivity contribution >= 4 is 0 Å². The van der Waals surface area contributed by atoms with E-state index in [1.54, 1.807) is 89.9 Å². The highest BCUT2D eigenvalue weighted by Gasteiger charge is 2.60. The van der Waals surface area contributed by atoms with Crippen LogP contribution in [0.5, 0.6) is 0 Å². The van der Waals surface area contributed by atoms with Crippen LogP contribution >= 0.6 is 0 Å². The Labute approximate surface area is 463 Å². The Balaban J connectivity index is 0.998. The topological polar surface area (TPSA) is 6.48 Å². The van der Waals surface area contributed by atoms with E-state index in [9.17, 15) is 0 Å². The summed E-state index contributed by atoms with van der Waals surface area (Å²) in [5.74, 6) is 13.5. The molecule has 9 fully saturated rings. The van der Waals surface area contributed by atoms with Gasteiger partial charge in [0, 0.05) is 36.3 Å². The lowest BCUT2D eigenvalue weighted by atomic mass is 9.49. The van der Waals surface area contributed by atoms with Crippen LogP contribution in [-0.2, 0) is 0 Å². The van der Waals surface area contributed by atoms with Crippen LogP contribution in [0.25, 0.3) is 0 Å². The van der Waals surface area contributed by atoms with E-state index < -0.39 is 0 Å². The van der Waals surface area contributed by atoms with E-state index in [4.69, 9.17) is 0 Å². The fourth-order valence-electron chi connectivity index (χ4n) is 21.2. The van der Waals surface area contributed by atoms with Crippen LogP contribution in [0.1, 0.15) is 326 Å². The zero-order valence-electron chi connectivity index (χ0n) is 51.7. The van der Waals surface area contributed by atoms with Crippen molar-refractivity contribution in [1.82, 2.24) is 9.80 Å². The zero-order valence-corrected chi connectivity index (χ0v) is 51.7. The molecular weight excluding hydrogens is 893 g/mol. The summed E-state index contributed by atoms with van der Waals surface area (Å²) >= 11 is 0. The number of rotatable bonds is 18. The van der Waals surface area contributed by atoms with Gasteiger partial charge in [0.2, 0.25) is 0 Å². The maximum Gasteiger partial charge on any atom is 0.0164 e. The van der Waals surface area contributed by atoms with Crippen molar-refractivity contribution in [2.24, 2.45) is 93.7 Å². The van der Waals surface area contributed by atoms with Crippen molar-refractivity contribution in [1.29, 1.82) is 0 Å². The molecule has 0 aromatic heterocycles. The summed E-state index contributed by atoms with van der Waals surface area (Å²) in [6, 6.07) is 5.05. The second kappa shape index (κ2) is 27.1. The average molecular weight is 1020 g/mol. The second-order valence-corrected chi connectivity index (χ2v) is 32.5. The minimum absolute atomic E-state index is 0.412. The number of hydrogen-bond acceptors (Lipinski definition) is 2. The van der Waals surface area contributed by atoms with Crippen LogP contribution in [0, 0.1) is 93.7 Å². The predicted octanol–water partition coefficient (Wildman–Crippen LogP) is 21.3. The lowest BCUT2D eigenvalue weighted by Crippen LogP contribution is -2.70. The molecular formula is C72H130N2. The third kappa shape index (κ3) is 14.5. The third-order valence-corrected chi connectivity index (χ3v) is 26.0. The van der Waals surface area contributed by atoms with E-state index in [-0.39, 0.29) is 0 Å². The number of nitrogens with zero attached hydrogens (tertiary/aromatic N) is 2. The molecule has 0 spiro atoms. The van der Waals surface area contributed by atoms with Crippen molar-refractivity contribution < 1.29 is 0 Å². The summed E-state index contributed by atoms with van der Waals surface area (Å²) in [4.78, 5) is 7.17. The molecule has 74 heavy (non-hydrogen) atoms. The fourth-order valence-corrected chi connectivity index (χ4v) is 21.2. The summed E-state index contributed by atoms with van der Waals surface area (Å²) in [5, 5.41) is 0. The molecule has 0 saturated heterocycles. The van der Waals surface area contributed by atoms with Crippen LogP contribution < -0.4 is 0 Å². The molecule has 428 valence electrons. The molecule has 2 nitrogen and oxygen atoms in total. The maximum absolute atomic E-state index is 3.58. The molecule has 0 radical (unpaired) electrons. The van der Waals surface area contributed by atoms with Gasteiger partial charge in [0.25, 0.3) is 0 Å². The Kier molecular flexibility index (Phi) is 21.5. The fraction of sp³-hybridized carbons (Fsp3) is 1.00. The van der Waals surface area contributed by atoms with Crippen molar-refractivity contribution in [3.05, 3.63) is 0 Å². The number of fused-ring (bicyclic) bond motifs is 2. The van der Waals surface area contributed by atoms with Crippen molar-refractivity contribution in [2.45, 2.75) is 362 Å². The van der Waals surface area contributed by atoms with Crippen molar-refractivity contribution in [3.63, 3.8) is 0 Å². The molecule has 9 aliphatic rings. The average Bonchev–Trinajstić information content (AvgIpc) is 3.40. The normalized spacial score (nSPS) is 43.0. The smallest absolute Gasteiger partial charge is 0.0164 e. The highest BCUT2D eigenvalue weighted by atomic mass is 15.3. The van der Waals surface area contributed by atoms with Gasteiger partial charge in [0.1, 0.15) is 0 Å². The summed E-state index contributed by atoms with van der Waals surface area (Å²) in [5.41, 5.74) is 0.824. The highest BCUT2D eigenvalue weighted by Crippen LogP contribution is 2.61. The maximum atomic E-state index is 3.58. The summed E-state index contributed by atoms with van der Waals surface area (Å²) in [7, 11) is 0. The van der Waals surface area contributed by atoms with Gasteiger partial charge in [0.05, 0.1) is 0 Å². The first-order valence-corrected chi connectivity index (χ1v) is 35.2. The van der Waals surface area contributed by atoms with Crippen LogP contribution in [0.4, 0.5) is 0 Å². The highest BCUT2D eigenvalue weighted by molar-refractivity contribution is 5.13. The Bertz CT molecular complexity index is 1450. The Morgan fingerprint density at radius 2 is 0.608 bits per heavy atom. The predicted molar refractivity (Wildman–Crippen MR) is 322 cm³/mol. The third-order valence-electron chi connectivity index (χ3n) is 26.0. The summed E-state index contributed by atoms with van der Waals surface area (Å²) < 4.78 is 0. The standard InChI is InChI=1S/C72H130N2/c1-11-13-15-17-19-53-25-29-55(30-26-53)57-33-43-63(44-34-57)73(61-39-21-51(3)22-40-61)69-65-47-37-60(72(8,9)10)50-68(65)70(66-48-38-59(49-67(66)69)71(5,6)7)74(62-41-23-52(4)24-42-62)64-45-35-58(36-46-64)56-31-27-54(28-32-56)20-18-16-14-12-2/h51-70H,11-50H2,1-10H3. The molecule has 2 heteroatoms. The lowest BCUT2D eigenvalue weighted by molar-refractivity contribution is -0.166. The Hall–Kier alpha value is -0.0800. The summed E-state index contributed by atoms with van der Waals surface area (Å²) in [6.07, 6.45) is 60.7. The molecule has 0 aromatic rings. The molecule has 8 atom stereocenters. The molecule has 9 saturated carbocycles. The minimum Gasteiger partial charge on any atom is -0.294 e. The summed E-state index contributed by atoms with van der Waals surface area (Å²) in [6.45, 7) is 26.0. The van der Waals surface area contributed by atoms with Gasteiger partial charge in [-0.3, -0.25) is 9.80 Å². The van der Waals surface area contributed by atoms with Gasteiger partial charge in [-0.1, -0.05) is 159 Å². The molecule has 0 aromatic carbocycles. The van der Waals surface area contributed by atoms with E-state index in [1.165, 1.54) is 167 Å². The van der Waals surface area contributed by atoms with Gasteiger partial charge < -0.3 is 0 Å². The molecule has 0 aliphatic heterocycles. The largest absolute Gasteiger partial charge is 0.294 e. The van der Waals surface area contributed by atoms with Gasteiger partial charge in [-0.2, -0.15) is 0 Å².